The predicted molar refractivity (Wildman–Crippen MR) is 96.7 cm³/mol. The van der Waals surface area contributed by atoms with E-state index in [1.807, 2.05) is 0 Å². The highest BCUT2D eigenvalue weighted by Gasteiger charge is 2.32. The van der Waals surface area contributed by atoms with Gasteiger partial charge in [-0.05, 0) is 24.3 Å². The molecule has 0 aliphatic rings. The minimum absolute atomic E-state index is 0.0391. The van der Waals surface area contributed by atoms with Crippen LogP contribution in [0.2, 0.25) is 0 Å². The lowest BCUT2D eigenvalue weighted by Gasteiger charge is -2.23. The molecule has 1 aromatic carbocycles. The van der Waals surface area contributed by atoms with Gasteiger partial charge in [0, 0.05) is 19.4 Å². The van der Waals surface area contributed by atoms with Crippen LogP contribution in [0.3, 0.4) is 0 Å². The molecule has 0 fully saturated rings. The van der Waals surface area contributed by atoms with Gasteiger partial charge in [-0.25, -0.2) is 13.9 Å². The number of sulfonamides is 1. The van der Waals surface area contributed by atoms with E-state index in [1.54, 1.807) is 0 Å². The van der Waals surface area contributed by atoms with E-state index in [9.17, 15) is 26.4 Å². The van der Waals surface area contributed by atoms with Gasteiger partial charge in [0.2, 0.25) is 10.0 Å². The van der Waals surface area contributed by atoms with Gasteiger partial charge in [0.25, 0.3) is 5.91 Å². The molecule has 2 N–H and O–H groups in total. The second-order valence-corrected chi connectivity index (χ2v) is 7.66. The Morgan fingerprint density at radius 1 is 1.21 bits per heavy atom. The van der Waals surface area contributed by atoms with Crippen LogP contribution in [0.4, 0.5) is 30.2 Å². The third-order valence-electron chi connectivity index (χ3n) is 3.69. The second-order valence-electron chi connectivity index (χ2n) is 5.64. The molecule has 8 nitrogen and oxygen atoms in total. The molecule has 0 saturated heterocycles. The Morgan fingerprint density at radius 3 is 2.46 bits per heavy atom. The summed E-state index contributed by atoms with van der Waals surface area (Å²) in [6, 6.07) is 4.00. The Kier molecular flexibility index (Phi) is 6.14. The fourth-order valence-corrected chi connectivity index (χ4v) is 2.74. The lowest BCUT2D eigenvalue weighted by atomic mass is 10.1. The Morgan fingerprint density at radius 2 is 1.89 bits per heavy atom. The second kappa shape index (κ2) is 8.02. The monoisotopic (exact) mass is 418 g/mol. The Bertz CT molecular complexity index is 980. The maximum atomic E-state index is 13.1. The van der Waals surface area contributed by atoms with Crippen LogP contribution in [0.25, 0.3) is 0 Å². The van der Waals surface area contributed by atoms with Crippen molar-refractivity contribution in [1.29, 1.82) is 0 Å². The number of carbonyl (C=O) groups excluding carboxylic acids is 1. The summed E-state index contributed by atoms with van der Waals surface area (Å²) in [7, 11) is -1.49. The molecule has 0 saturated carbocycles. The van der Waals surface area contributed by atoms with Crippen molar-refractivity contribution in [1.82, 2.24) is 10.5 Å². The first kappa shape index (κ1) is 21.4. The molecule has 1 amide bonds. The molecule has 0 aliphatic heterocycles. The number of hydroxylamine groups is 1. The molecule has 28 heavy (non-hydrogen) atoms. The van der Waals surface area contributed by atoms with Crippen LogP contribution in [0.5, 0.6) is 0 Å². The molecular formula is C16H17F3N4O4S. The van der Waals surface area contributed by atoms with Gasteiger partial charge in [0.05, 0.1) is 41.6 Å². The fourth-order valence-electron chi connectivity index (χ4n) is 2.23. The summed E-state index contributed by atoms with van der Waals surface area (Å²) in [6.45, 7) is 0. The average Bonchev–Trinajstić information content (AvgIpc) is 2.60. The summed E-state index contributed by atoms with van der Waals surface area (Å²) in [5.74, 6) is -0.650. The van der Waals surface area contributed by atoms with E-state index in [-0.39, 0.29) is 22.6 Å². The highest BCUT2D eigenvalue weighted by Crippen LogP contribution is 2.37. The van der Waals surface area contributed by atoms with E-state index < -0.39 is 27.7 Å². The first-order chi connectivity index (χ1) is 12.9. The third kappa shape index (κ3) is 4.89. The van der Waals surface area contributed by atoms with Gasteiger partial charge in [0.1, 0.15) is 0 Å². The average molecular weight is 418 g/mol. The maximum absolute atomic E-state index is 13.1. The van der Waals surface area contributed by atoms with Crippen molar-refractivity contribution < 1.29 is 31.2 Å². The van der Waals surface area contributed by atoms with Crippen LogP contribution < -0.4 is 15.1 Å². The standard InChI is InChI=1S/C16H17F3N4O4S/c1-23(28(3,25)26)14-8-10(16(17,18)19)4-5-13(14)21-12-6-7-20-9-11(12)15(24)22-27-2/h4-9H,1-3H3,(H,20,21)(H,22,24). The van der Waals surface area contributed by atoms with Gasteiger partial charge in [-0.2, -0.15) is 13.2 Å². The predicted octanol–water partition coefficient (Wildman–Crippen LogP) is 2.53. The first-order valence-electron chi connectivity index (χ1n) is 7.64. The van der Waals surface area contributed by atoms with Crippen molar-refractivity contribution in [3.05, 3.63) is 47.8 Å². The lowest BCUT2D eigenvalue weighted by molar-refractivity contribution is -0.137. The van der Waals surface area contributed by atoms with Crippen LogP contribution in [-0.4, -0.2) is 39.7 Å². The first-order valence-corrected chi connectivity index (χ1v) is 9.49. The number of anilines is 3. The fraction of sp³-hybridized carbons (Fsp3) is 0.250. The van der Waals surface area contributed by atoms with E-state index in [1.165, 1.54) is 25.6 Å². The SMILES string of the molecule is CONC(=O)c1cnccc1Nc1ccc(C(F)(F)F)cc1N(C)S(C)(=O)=O. The van der Waals surface area contributed by atoms with Gasteiger partial charge in [-0.15, -0.1) is 0 Å². The number of amides is 1. The van der Waals surface area contributed by atoms with Crippen LogP contribution in [0, 0.1) is 0 Å². The Hall–Kier alpha value is -2.86. The maximum Gasteiger partial charge on any atom is 0.416 e. The van der Waals surface area contributed by atoms with Crippen molar-refractivity contribution in [2.45, 2.75) is 6.18 Å². The summed E-state index contributed by atoms with van der Waals surface area (Å²) in [4.78, 5) is 20.4. The number of nitrogens with one attached hydrogen (secondary N) is 2. The number of nitrogens with zero attached hydrogens (tertiary/aromatic N) is 2. The molecule has 2 aromatic rings. The summed E-state index contributed by atoms with van der Waals surface area (Å²) >= 11 is 0. The molecule has 1 aromatic heterocycles. The largest absolute Gasteiger partial charge is 0.416 e. The third-order valence-corrected chi connectivity index (χ3v) is 4.88. The van der Waals surface area contributed by atoms with E-state index >= 15 is 0 Å². The minimum Gasteiger partial charge on any atom is -0.353 e. The summed E-state index contributed by atoms with van der Waals surface area (Å²) in [5, 5.41) is 2.78. The van der Waals surface area contributed by atoms with Crippen molar-refractivity contribution in [3.8, 4) is 0 Å². The molecule has 0 radical (unpaired) electrons. The van der Waals surface area contributed by atoms with E-state index in [2.05, 4.69) is 20.6 Å². The number of halogens is 3. The number of pyridine rings is 1. The topological polar surface area (TPSA) is 101 Å². The molecule has 1 heterocycles. The van der Waals surface area contributed by atoms with Crippen LogP contribution in [-0.2, 0) is 21.0 Å². The zero-order chi connectivity index (χ0) is 21.1. The van der Waals surface area contributed by atoms with Crippen LogP contribution in [0.1, 0.15) is 15.9 Å². The molecule has 12 heteroatoms. The van der Waals surface area contributed by atoms with E-state index in [0.29, 0.717) is 10.4 Å². The normalized spacial score (nSPS) is 11.8. The molecule has 0 atom stereocenters. The molecule has 0 unspecified atom stereocenters. The van der Waals surface area contributed by atoms with Crippen molar-refractivity contribution in [2.75, 3.05) is 30.0 Å². The number of carbonyl (C=O) groups is 1. The summed E-state index contributed by atoms with van der Waals surface area (Å²) in [5.41, 5.74) is 1.11. The van der Waals surface area contributed by atoms with Crippen molar-refractivity contribution in [2.24, 2.45) is 0 Å². The van der Waals surface area contributed by atoms with Gasteiger partial charge in [0.15, 0.2) is 0 Å². The molecule has 2 rings (SSSR count). The van der Waals surface area contributed by atoms with Crippen molar-refractivity contribution in [3.63, 3.8) is 0 Å². The summed E-state index contributed by atoms with van der Waals surface area (Å²) < 4.78 is 63.7. The minimum atomic E-state index is -4.66. The number of hydrogen-bond acceptors (Lipinski definition) is 6. The van der Waals surface area contributed by atoms with E-state index in [4.69, 9.17) is 0 Å². The van der Waals surface area contributed by atoms with Gasteiger partial charge in [-0.1, -0.05) is 0 Å². The van der Waals surface area contributed by atoms with Gasteiger partial charge >= 0.3 is 6.18 Å². The number of benzene rings is 1. The van der Waals surface area contributed by atoms with Gasteiger partial charge < -0.3 is 5.32 Å². The number of rotatable bonds is 6. The lowest BCUT2D eigenvalue weighted by Crippen LogP contribution is -2.26. The van der Waals surface area contributed by atoms with Crippen LogP contribution >= 0.6 is 0 Å². The molecule has 0 aliphatic carbocycles. The molecule has 152 valence electrons. The van der Waals surface area contributed by atoms with Gasteiger partial charge in [-0.3, -0.25) is 18.9 Å². The Labute approximate surface area is 159 Å². The van der Waals surface area contributed by atoms with Crippen molar-refractivity contribution >= 4 is 33.0 Å². The quantitative estimate of drug-likeness (QED) is 0.700. The smallest absolute Gasteiger partial charge is 0.353 e. The highest BCUT2D eigenvalue weighted by molar-refractivity contribution is 7.92. The zero-order valence-corrected chi connectivity index (χ0v) is 15.9. The Balaban J connectivity index is 2.56. The number of alkyl halides is 3. The molecule has 0 bridgehead atoms. The molecule has 0 spiro atoms. The van der Waals surface area contributed by atoms with E-state index in [0.717, 1.165) is 25.4 Å². The van der Waals surface area contributed by atoms with Crippen LogP contribution in [0.15, 0.2) is 36.7 Å². The zero-order valence-electron chi connectivity index (χ0n) is 15.0. The molecular weight excluding hydrogens is 401 g/mol. The number of hydrogen-bond donors (Lipinski definition) is 2. The highest BCUT2D eigenvalue weighted by atomic mass is 32.2. The summed E-state index contributed by atoms with van der Waals surface area (Å²) in [6.07, 6.45) is -1.22. The number of aromatic nitrogens is 1.